The Morgan fingerprint density at radius 3 is 2.12 bits per heavy atom. The van der Waals surface area contributed by atoms with E-state index in [1.165, 1.54) is 11.1 Å². The molecular weight excluding hydrogens is 196 g/mol. The van der Waals surface area contributed by atoms with Gasteiger partial charge in [-0.3, -0.25) is 0 Å². The van der Waals surface area contributed by atoms with E-state index in [0.29, 0.717) is 11.8 Å². The van der Waals surface area contributed by atoms with Gasteiger partial charge in [0, 0.05) is 0 Å². The largest absolute Gasteiger partial charge is 0.393 e. The molecule has 1 aliphatic carbocycles. The maximum atomic E-state index is 9.75. The fraction of sp³-hybridized carbons (Fsp3) is 0.600. The molecule has 0 aromatic heterocycles. The Kier molecular flexibility index (Phi) is 2.83. The van der Waals surface area contributed by atoms with Gasteiger partial charge in [-0.05, 0) is 34.8 Å². The first-order valence-electron chi connectivity index (χ1n) is 6.21. The molecule has 0 amide bonds. The Morgan fingerprint density at radius 2 is 1.75 bits per heavy atom. The molecule has 2 rings (SSSR count). The minimum atomic E-state index is -0.137. The molecule has 1 nitrogen and oxygen atoms in total. The minimum absolute atomic E-state index is 0.0410. The molecule has 1 aliphatic rings. The first-order chi connectivity index (χ1) is 7.43. The summed E-state index contributed by atoms with van der Waals surface area (Å²) in [5, 5.41) is 9.75. The third kappa shape index (κ3) is 1.78. The molecular formula is C15H22O. The lowest BCUT2D eigenvalue weighted by atomic mass is 9.58. The average Bonchev–Trinajstić information content (AvgIpc) is 2.26. The van der Waals surface area contributed by atoms with Gasteiger partial charge in [0.15, 0.2) is 0 Å². The minimum Gasteiger partial charge on any atom is -0.393 e. The summed E-state index contributed by atoms with van der Waals surface area (Å²) in [6.07, 6.45) is 0.774. The molecule has 1 aromatic rings. The van der Waals surface area contributed by atoms with Crippen molar-refractivity contribution < 1.29 is 5.11 Å². The zero-order chi connectivity index (χ0) is 11.9. The van der Waals surface area contributed by atoms with Gasteiger partial charge >= 0.3 is 0 Å². The van der Waals surface area contributed by atoms with Gasteiger partial charge in [0.05, 0.1) is 6.10 Å². The molecule has 1 aromatic carbocycles. The molecule has 0 saturated heterocycles. The SMILES string of the molecule is CC(C)c1ccc(C2CC(O)C2(C)C)cc1. The van der Waals surface area contributed by atoms with Gasteiger partial charge in [-0.1, -0.05) is 52.0 Å². The second kappa shape index (κ2) is 3.89. The van der Waals surface area contributed by atoms with Crippen LogP contribution in [0.2, 0.25) is 0 Å². The second-order valence-corrected chi connectivity index (χ2v) is 5.95. The van der Waals surface area contributed by atoms with E-state index in [4.69, 9.17) is 0 Å². The van der Waals surface area contributed by atoms with E-state index in [1.807, 2.05) is 0 Å². The van der Waals surface area contributed by atoms with Crippen molar-refractivity contribution in [3.05, 3.63) is 35.4 Å². The topological polar surface area (TPSA) is 20.2 Å². The lowest BCUT2D eigenvalue weighted by Crippen LogP contribution is -2.47. The molecule has 2 atom stereocenters. The number of benzene rings is 1. The summed E-state index contributed by atoms with van der Waals surface area (Å²) in [7, 11) is 0. The first-order valence-corrected chi connectivity index (χ1v) is 6.21. The van der Waals surface area contributed by atoms with Crippen LogP contribution in [0.25, 0.3) is 0 Å². The summed E-state index contributed by atoms with van der Waals surface area (Å²) in [4.78, 5) is 0. The van der Waals surface area contributed by atoms with E-state index >= 15 is 0 Å². The van der Waals surface area contributed by atoms with Gasteiger partial charge < -0.3 is 5.11 Å². The van der Waals surface area contributed by atoms with Crippen LogP contribution in [0.5, 0.6) is 0 Å². The van der Waals surface area contributed by atoms with Crippen LogP contribution < -0.4 is 0 Å². The van der Waals surface area contributed by atoms with E-state index in [9.17, 15) is 5.11 Å². The fourth-order valence-electron chi connectivity index (χ4n) is 2.58. The van der Waals surface area contributed by atoms with Crippen molar-refractivity contribution in [2.75, 3.05) is 0 Å². The number of aliphatic hydroxyl groups excluding tert-OH is 1. The van der Waals surface area contributed by atoms with Crippen molar-refractivity contribution in [2.24, 2.45) is 5.41 Å². The van der Waals surface area contributed by atoms with Gasteiger partial charge in [0.1, 0.15) is 0 Å². The summed E-state index contributed by atoms with van der Waals surface area (Å²) in [5.41, 5.74) is 2.81. The van der Waals surface area contributed by atoms with Gasteiger partial charge in [-0.2, -0.15) is 0 Å². The number of rotatable bonds is 2. The third-order valence-electron chi connectivity index (χ3n) is 4.22. The van der Waals surface area contributed by atoms with Crippen LogP contribution in [0.4, 0.5) is 0 Å². The highest BCUT2D eigenvalue weighted by atomic mass is 16.3. The highest BCUT2D eigenvalue weighted by Gasteiger charge is 2.47. The summed E-state index contributed by atoms with van der Waals surface area (Å²) >= 11 is 0. The maximum Gasteiger partial charge on any atom is 0.0603 e. The summed E-state index contributed by atoms with van der Waals surface area (Å²) in [5.74, 6) is 1.11. The smallest absolute Gasteiger partial charge is 0.0603 e. The number of aliphatic hydroxyl groups is 1. The summed E-state index contributed by atoms with van der Waals surface area (Å²) < 4.78 is 0. The van der Waals surface area contributed by atoms with Crippen LogP contribution in [0.3, 0.4) is 0 Å². The standard InChI is InChI=1S/C15H22O/c1-10(2)11-5-7-12(8-6-11)13-9-14(16)15(13,3)4/h5-8,10,13-14,16H,9H2,1-4H3. The number of hydrogen-bond donors (Lipinski definition) is 1. The molecule has 0 aliphatic heterocycles. The Balaban J connectivity index is 2.18. The molecule has 1 N–H and O–H groups in total. The van der Waals surface area contributed by atoms with Crippen molar-refractivity contribution in [3.63, 3.8) is 0 Å². The van der Waals surface area contributed by atoms with E-state index in [-0.39, 0.29) is 11.5 Å². The quantitative estimate of drug-likeness (QED) is 0.802. The van der Waals surface area contributed by atoms with E-state index in [0.717, 1.165) is 6.42 Å². The van der Waals surface area contributed by atoms with Gasteiger partial charge in [0.25, 0.3) is 0 Å². The lowest BCUT2D eigenvalue weighted by molar-refractivity contribution is -0.0625. The Labute approximate surface area is 98.5 Å². The zero-order valence-corrected chi connectivity index (χ0v) is 10.7. The van der Waals surface area contributed by atoms with E-state index in [2.05, 4.69) is 52.0 Å². The van der Waals surface area contributed by atoms with Crippen LogP contribution in [0.1, 0.15) is 57.1 Å². The summed E-state index contributed by atoms with van der Waals surface area (Å²) in [6.45, 7) is 8.74. The highest BCUT2D eigenvalue weighted by Crippen LogP contribution is 2.52. The molecule has 0 bridgehead atoms. The molecule has 0 heterocycles. The monoisotopic (exact) mass is 218 g/mol. The van der Waals surface area contributed by atoms with Gasteiger partial charge in [-0.15, -0.1) is 0 Å². The predicted octanol–water partition coefficient (Wildman–Crippen LogP) is 3.68. The molecule has 0 radical (unpaired) electrons. The normalized spacial score (nSPS) is 27.9. The van der Waals surface area contributed by atoms with Crippen molar-refractivity contribution in [3.8, 4) is 0 Å². The van der Waals surface area contributed by atoms with Crippen molar-refractivity contribution >= 4 is 0 Å². The highest BCUT2D eigenvalue weighted by molar-refractivity contribution is 5.31. The molecule has 88 valence electrons. The van der Waals surface area contributed by atoms with Gasteiger partial charge in [0.2, 0.25) is 0 Å². The molecule has 0 spiro atoms. The van der Waals surface area contributed by atoms with Crippen LogP contribution in [-0.2, 0) is 0 Å². The van der Waals surface area contributed by atoms with E-state index < -0.39 is 0 Å². The number of hydrogen-bond acceptors (Lipinski definition) is 1. The third-order valence-corrected chi connectivity index (χ3v) is 4.22. The maximum absolute atomic E-state index is 9.75. The zero-order valence-electron chi connectivity index (χ0n) is 10.7. The molecule has 1 saturated carbocycles. The first kappa shape index (κ1) is 11.7. The van der Waals surface area contributed by atoms with Crippen molar-refractivity contribution in [2.45, 2.75) is 52.1 Å². The molecule has 1 fully saturated rings. The Hall–Kier alpha value is -0.820. The molecule has 16 heavy (non-hydrogen) atoms. The van der Waals surface area contributed by atoms with E-state index in [1.54, 1.807) is 0 Å². The van der Waals surface area contributed by atoms with Crippen LogP contribution in [-0.4, -0.2) is 11.2 Å². The Morgan fingerprint density at radius 1 is 1.19 bits per heavy atom. The van der Waals surface area contributed by atoms with Crippen molar-refractivity contribution in [1.82, 2.24) is 0 Å². The summed E-state index contributed by atoms with van der Waals surface area (Å²) in [6, 6.07) is 8.91. The van der Waals surface area contributed by atoms with Gasteiger partial charge in [-0.25, -0.2) is 0 Å². The Bertz CT molecular complexity index is 362. The van der Waals surface area contributed by atoms with Crippen LogP contribution in [0.15, 0.2) is 24.3 Å². The molecule has 1 heteroatoms. The molecule has 2 unspecified atom stereocenters. The van der Waals surface area contributed by atoms with Crippen LogP contribution in [0, 0.1) is 5.41 Å². The average molecular weight is 218 g/mol. The lowest BCUT2D eigenvalue weighted by Gasteiger charge is -2.49. The fourth-order valence-corrected chi connectivity index (χ4v) is 2.58. The van der Waals surface area contributed by atoms with Crippen LogP contribution >= 0.6 is 0 Å². The van der Waals surface area contributed by atoms with Crippen molar-refractivity contribution in [1.29, 1.82) is 0 Å². The predicted molar refractivity (Wildman–Crippen MR) is 67.7 cm³/mol. The second-order valence-electron chi connectivity index (χ2n) is 5.95.